The standard InChI is InChI=1S/C16H25N3O2/c1-3-21-15-6-4-13(5-7-15)18-16(20)12-19(2)14-8-10-17-11-9-14/h4-7,14,17H,3,8-12H2,1-2H3,(H,18,20). The molecule has 21 heavy (non-hydrogen) atoms. The summed E-state index contributed by atoms with van der Waals surface area (Å²) in [6, 6.07) is 7.98. The van der Waals surface area contributed by atoms with Crippen molar-refractivity contribution in [1.82, 2.24) is 10.2 Å². The monoisotopic (exact) mass is 291 g/mol. The average Bonchev–Trinajstić information content (AvgIpc) is 2.50. The molecule has 1 fully saturated rings. The van der Waals surface area contributed by atoms with Crippen LogP contribution in [-0.4, -0.2) is 50.1 Å². The van der Waals surface area contributed by atoms with E-state index < -0.39 is 0 Å². The van der Waals surface area contributed by atoms with Crippen LogP contribution in [0.2, 0.25) is 0 Å². The lowest BCUT2D eigenvalue weighted by molar-refractivity contribution is -0.117. The van der Waals surface area contributed by atoms with Gasteiger partial charge >= 0.3 is 0 Å². The zero-order chi connectivity index (χ0) is 15.1. The van der Waals surface area contributed by atoms with Crippen LogP contribution in [0.25, 0.3) is 0 Å². The zero-order valence-corrected chi connectivity index (χ0v) is 12.9. The van der Waals surface area contributed by atoms with E-state index in [1.165, 1.54) is 0 Å². The Hall–Kier alpha value is -1.59. The fourth-order valence-corrected chi connectivity index (χ4v) is 2.60. The van der Waals surface area contributed by atoms with E-state index in [4.69, 9.17) is 4.74 Å². The minimum absolute atomic E-state index is 0.0280. The Kier molecular flexibility index (Phi) is 6.02. The van der Waals surface area contributed by atoms with Gasteiger partial charge in [-0.25, -0.2) is 0 Å². The molecule has 2 N–H and O–H groups in total. The first-order valence-electron chi connectivity index (χ1n) is 7.62. The first-order chi connectivity index (χ1) is 10.2. The average molecular weight is 291 g/mol. The highest BCUT2D eigenvalue weighted by Gasteiger charge is 2.19. The van der Waals surface area contributed by atoms with Gasteiger partial charge in [0.05, 0.1) is 13.2 Å². The van der Waals surface area contributed by atoms with Gasteiger partial charge in [-0.05, 0) is 64.2 Å². The molecule has 1 amide bonds. The fourth-order valence-electron chi connectivity index (χ4n) is 2.60. The van der Waals surface area contributed by atoms with Crippen LogP contribution < -0.4 is 15.4 Å². The third-order valence-electron chi connectivity index (χ3n) is 3.77. The number of rotatable bonds is 6. The van der Waals surface area contributed by atoms with Gasteiger partial charge in [-0.2, -0.15) is 0 Å². The summed E-state index contributed by atoms with van der Waals surface area (Å²) in [6.07, 6.45) is 2.21. The SMILES string of the molecule is CCOc1ccc(NC(=O)CN(C)C2CCNCC2)cc1. The Labute approximate surface area is 126 Å². The normalized spacial score (nSPS) is 16.0. The maximum atomic E-state index is 12.1. The predicted octanol–water partition coefficient (Wildman–Crippen LogP) is 1.71. The number of hydrogen-bond acceptors (Lipinski definition) is 4. The summed E-state index contributed by atoms with van der Waals surface area (Å²) in [7, 11) is 2.02. The van der Waals surface area contributed by atoms with Gasteiger partial charge in [0.25, 0.3) is 0 Å². The second kappa shape index (κ2) is 8.00. The lowest BCUT2D eigenvalue weighted by Crippen LogP contribution is -2.44. The molecule has 5 nitrogen and oxygen atoms in total. The van der Waals surface area contributed by atoms with Gasteiger partial charge in [0, 0.05) is 11.7 Å². The number of benzene rings is 1. The fraction of sp³-hybridized carbons (Fsp3) is 0.562. The third-order valence-corrected chi connectivity index (χ3v) is 3.77. The summed E-state index contributed by atoms with van der Waals surface area (Å²) in [5, 5.41) is 6.27. The maximum absolute atomic E-state index is 12.1. The third kappa shape index (κ3) is 5.02. The molecule has 1 aromatic carbocycles. The van der Waals surface area contributed by atoms with Crippen LogP contribution in [0, 0.1) is 0 Å². The molecule has 0 aromatic heterocycles. The van der Waals surface area contributed by atoms with Crippen molar-refractivity contribution in [2.24, 2.45) is 0 Å². The molecule has 1 aliphatic heterocycles. The van der Waals surface area contributed by atoms with Crippen LogP contribution in [0.4, 0.5) is 5.69 Å². The molecule has 1 aliphatic rings. The van der Waals surface area contributed by atoms with E-state index in [9.17, 15) is 4.79 Å². The van der Waals surface area contributed by atoms with Gasteiger partial charge in [-0.15, -0.1) is 0 Å². The molecular formula is C16H25N3O2. The predicted molar refractivity (Wildman–Crippen MR) is 84.8 cm³/mol. The van der Waals surface area contributed by atoms with Crippen molar-refractivity contribution in [1.29, 1.82) is 0 Å². The molecule has 0 bridgehead atoms. The molecule has 0 unspecified atom stereocenters. The van der Waals surface area contributed by atoms with Crippen LogP contribution in [0.5, 0.6) is 5.75 Å². The Bertz CT molecular complexity index is 441. The van der Waals surface area contributed by atoms with Crippen molar-refractivity contribution in [2.45, 2.75) is 25.8 Å². The van der Waals surface area contributed by atoms with E-state index in [2.05, 4.69) is 15.5 Å². The van der Waals surface area contributed by atoms with Crippen molar-refractivity contribution < 1.29 is 9.53 Å². The summed E-state index contributed by atoms with van der Waals surface area (Å²) >= 11 is 0. The molecule has 0 saturated carbocycles. The second-order valence-electron chi connectivity index (χ2n) is 5.40. The van der Waals surface area contributed by atoms with Crippen molar-refractivity contribution in [3.63, 3.8) is 0 Å². The Morgan fingerprint density at radius 1 is 1.33 bits per heavy atom. The topological polar surface area (TPSA) is 53.6 Å². The molecule has 1 saturated heterocycles. The van der Waals surface area contributed by atoms with Gasteiger partial charge in [-0.3, -0.25) is 9.69 Å². The van der Waals surface area contributed by atoms with Crippen LogP contribution >= 0.6 is 0 Å². The summed E-state index contributed by atoms with van der Waals surface area (Å²) in [4.78, 5) is 14.2. The Balaban J connectivity index is 1.80. The van der Waals surface area contributed by atoms with Gasteiger partial charge in [0.1, 0.15) is 5.75 Å². The lowest BCUT2D eigenvalue weighted by atomic mass is 10.1. The van der Waals surface area contributed by atoms with Gasteiger partial charge < -0.3 is 15.4 Å². The number of anilines is 1. The van der Waals surface area contributed by atoms with E-state index in [1.54, 1.807) is 0 Å². The molecule has 116 valence electrons. The van der Waals surface area contributed by atoms with Crippen molar-refractivity contribution in [3.05, 3.63) is 24.3 Å². The molecule has 0 atom stereocenters. The minimum atomic E-state index is 0.0280. The summed E-state index contributed by atoms with van der Waals surface area (Å²) in [6.45, 7) is 5.10. The quantitative estimate of drug-likeness (QED) is 0.838. The molecule has 2 rings (SSSR count). The number of carbonyl (C=O) groups excluding carboxylic acids is 1. The molecule has 0 spiro atoms. The van der Waals surface area contributed by atoms with Crippen molar-refractivity contribution >= 4 is 11.6 Å². The number of piperidine rings is 1. The molecule has 5 heteroatoms. The number of amides is 1. The Morgan fingerprint density at radius 3 is 2.62 bits per heavy atom. The number of hydrogen-bond donors (Lipinski definition) is 2. The highest BCUT2D eigenvalue weighted by molar-refractivity contribution is 5.92. The van der Waals surface area contributed by atoms with Gasteiger partial charge in [0.15, 0.2) is 0 Å². The summed E-state index contributed by atoms with van der Waals surface area (Å²) in [5.74, 6) is 0.850. The summed E-state index contributed by atoms with van der Waals surface area (Å²) < 4.78 is 5.38. The van der Waals surface area contributed by atoms with Crippen molar-refractivity contribution in [2.75, 3.05) is 38.6 Å². The molecule has 1 heterocycles. The molecular weight excluding hydrogens is 266 g/mol. The smallest absolute Gasteiger partial charge is 0.238 e. The maximum Gasteiger partial charge on any atom is 0.238 e. The largest absolute Gasteiger partial charge is 0.494 e. The number of carbonyl (C=O) groups is 1. The van der Waals surface area contributed by atoms with E-state index in [-0.39, 0.29) is 5.91 Å². The molecule has 1 aromatic rings. The van der Waals surface area contributed by atoms with Crippen LogP contribution in [0.1, 0.15) is 19.8 Å². The van der Waals surface area contributed by atoms with Crippen LogP contribution in [0.15, 0.2) is 24.3 Å². The van der Waals surface area contributed by atoms with E-state index >= 15 is 0 Å². The van der Waals surface area contributed by atoms with Gasteiger partial charge in [0.2, 0.25) is 5.91 Å². The zero-order valence-electron chi connectivity index (χ0n) is 12.9. The number of likely N-dealkylation sites (N-methyl/N-ethyl adjacent to an activating group) is 1. The number of ether oxygens (including phenoxy) is 1. The highest BCUT2D eigenvalue weighted by atomic mass is 16.5. The van der Waals surface area contributed by atoms with Crippen molar-refractivity contribution in [3.8, 4) is 5.75 Å². The van der Waals surface area contributed by atoms with Crippen LogP contribution in [-0.2, 0) is 4.79 Å². The minimum Gasteiger partial charge on any atom is -0.494 e. The summed E-state index contributed by atoms with van der Waals surface area (Å²) in [5.41, 5.74) is 0.808. The van der Waals surface area contributed by atoms with Gasteiger partial charge in [-0.1, -0.05) is 0 Å². The van der Waals surface area contributed by atoms with E-state index in [0.717, 1.165) is 37.4 Å². The lowest BCUT2D eigenvalue weighted by Gasteiger charge is -2.31. The highest BCUT2D eigenvalue weighted by Crippen LogP contribution is 2.16. The first-order valence-corrected chi connectivity index (χ1v) is 7.62. The Morgan fingerprint density at radius 2 is 2.00 bits per heavy atom. The number of nitrogens with one attached hydrogen (secondary N) is 2. The van der Waals surface area contributed by atoms with E-state index in [1.807, 2.05) is 38.2 Å². The molecule has 0 aliphatic carbocycles. The van der Waals surface area contributed by atoms with Crippen LogP contribution in [0.3, 0.4) is 0 Å². The van der Waals surface area contributed by atoms with E-state index in [0.29, 0.717) is 19.2 Å². The second-order valence-corrected chi connectivity index (χ2v) is 5.40. The molecule has 0 radical (unpaired) electrons. The first kappa shape index (κ1) is 15.8. The number of nitrogens with zero attached hydrogens (tertiary/aromatic N) is 1.